The summed E-state index contributed by atoms with van der Waals surface area (Å²) < 4.78 is 13.5. The van der Waals surface area contributed by atoms with Gasteiger partial charge >= 0.3 is 0 Å². The highest BCUT2D eigenvalue weighted by atomic mass is 32.1. The molecule has 2 aromatic rings. The number of rotatable bonds is 2. The second kappa shape index (κ2) is 5.06. The molecule has 0 amide bonds. The highest BCUT2D eigenvalue weighted by Gasteiger charge is 2.20. The van der Waals surface area contributed by atoms with Gasteiger partial charge in [0, 0.05) is 9.75 Å². The van der Waals surface area contributed by atoms with Gasteiger partial charge in [-0.2, -0.15) is 0 Å². The molecule has 0 saturated heterocycles. The molecule has 0 spiro atoms. The number of aliphatic hydroxyl groups is 1. The van der Waals surface area contributed by atoms with Crippen molar-refractivity contribution in [3.8, 4) is 0 Å². The van der Waals surface area contributed by atoms with E-state index in [0.29, 0.717) is 11.1 Å². The van der Waals surface area contributed by atoms with Crippen LogP contribution >= 0.6 is 11.3 Å². The summed E-state index contributed by atoms with van der Waals surface area (Å²) in [5, 5.41) is 10.3. The standard InChI is InChI=1S/C16H19FOS/c1-10-5-6-11(9-12(10)17)15(18)13-7-8-14(19-13)16(2,3)4/h5-9,15,18H,1-4H3. The van der Waals surface area contributed by atoms with E-state index in [1.54, 1.807) is 30.4 Å². The Balaban J connectivity index is 2.31. The minimum absolute atomic E-state index is 0.0706. The first-order chi connectivity index (χ1) is 8.79. The van der Waals surface area contributed by atoms with Crippen LogP contribution < -0.4 is 0 Å². The second-order valence-corrected chi connectivity index (χ2v) is 6.98. The van der Waals surface area contributed by atoms with Crippen molar-refractivity contribution in [1.29, 1.82) is 0 Å². The lowest BCUT2D eigenvalue weighted by molar-refractivity contribution is 0.223. The molecule has 1 aromatic heterocycles. The molecule has 102 valence electrons. The van der Waals surface area contributed by atoms with Crippen molar-refractivity contribution in [2.45, 2.75) is 39.2 Å². The maximum atomic E-state index is 13.5. The summed E-state index contributed by atoms with van der Waals surface area (Å²) >= 11 is 1.58. The zero-order chi connectivity index (χ0) is 14.2. The summed E-state index contributed by atoms with van der Waals surface area (Å²) in [6.07, 6.45) is -0.754. The zero-order valence-corrected chi connectivity index (χ0v) is 12.5. The number of benzene rings is 1. The maximum absolute atomic E-state index is 13.5. The van der Waals surface area contributed by atoms with Gasteiger partial charge in [0.1, 0.15) is 11.9 Å². The van der Waals surface area contributed by atoms with Crippen LogP contribution in [0.5, 0.6) is 0 Å². The highest BCUT2D eigenvalue weighted by Crippen LogP contribution is 2.34. The van der Waals surface area contributed by atoms with E-state index in [9.17, 15) is 9.50 Å². The van der Waals surface area contributed by atoms with Crippen LogP contribution in [-0.4, -0.2) is 5.11 Å². The summed E-state index contributed by atoms with van der Waals surface area (Å²) in [6.45, 7) is 8.13. The average molecular weight is 278 g/mol. The lowest BCUT2D eigenvalue weighted by Crippen LogP contribution is -2.07. The molecule has 0 aliphatic carbocycles. The third-order valence-corrected chi connectivity index (χ3v) is 4.71. The summed E-state index contributed by atoms with van der Waals surface area (Å²) in [5.41, 5.74) is 1.27. The van der Waals surface area contributed by atoms with Crippen molar-refractivity contribution in [3.05, 3.63) is 57.0 Å². The van der Waals surface area contributed by atoms with Crippen molar-refractivity contribution < 1.29 is 9.50 Å². The number of halogens is 1. The molecule has 3 heteroatoms. The summed E-state index contributed by atoms with van der Waals surface area (Å²) in [7, 11) is 0. The summed E-state index contributed by atoms with van der Waals surface area (Å²) in [6, 6.07) is 8.85. The van der Waals surface area contributed by atoms with Gasteiger partial charge in [-0.05, 0) is 41.7 Å². The molecule has 1 unspecified atom stereocenters. The third kappa shape index (κ3) is 3.04. The zero-order valence-electron chi connectivity index (χ0n) is 11.7. The molecule has 0 radical (unpaired) electrons. The fourth-order valence-corrected chi connectivity index (χ4v) is 2.93. The Kier molecular flexibility index (Phi) is 3.79. The molecule has 1 aromatic carbocycles. The van der Waals surface area contributed by atoms with Crippen LogP contribution in [-0.2, 0) is 5.41 Å². The number of hydrogen-bond donors (Lipinski definition) is 1. The van der Waals surface area contributed by atoms with Crippen molar-refractivity contribution in [1.82, 2.24) is 0 Å². The number of hydrogen-bond acceptors (Lipinski definition) is 2. The van der Waals surface area contributed by atoms with E-state index < -0.39 is 6.10 Å². The molecule has 19 heavy (non-hydrogen) atoms. The first kappa shape index (κ1) is 14.2. The maximum Gasteiger partial charge on any atom is 0.126 e. The molecule has 1 nitrogen and oxygen atoms in total. The van der Waals surface area contributed by atoms with E-state index in [2.05, 4.69) is 20.8 Å². The van der Waals surface area contributed by atoms with Crippen molar-refractivity contribution in [2.75, 3.05) is 0 Å². The highest BCUT2D eigenvalue weighted by molar-refractivity contribution is 7.12. The van der Waals surface area contributed by atoms with E-state index in [-0.39, 0.29) is 11.2 Å². The van der Waals surface area contributed by atoms with Crippen molar-refractivity contribution in [2.24, 2.45) is 0 Å². The lowest BCUT2D eigenvalue weighted by atomic mass is 9.95. The van der Waals surface area contributed by atoms with Gasteiger partial charge < -0.3 is 5.11 Å². The number of aliphatic hydroxyl groups excluding tert-OH is 1. The van der Waals surface area contributed by atoms with E-state index in [1.165, 1.54) is 10.9 Å². The van der Waals surface area contributed by atoms with Gasteiger partial charge in [0.2, 0.25) is 0 Å². The number of aryl methyl sites for hydroxylation is 1. The minimum Gasteiger partial charge on any atom is -0.383 e. The van der Waals surface area contributed by atoms with Gasteiger partial charge in [-0.15, -0.1) is 11.3 Å². The smallest absolute Gasteiger partial charge is 0.126 e. The van der Waals surface area contributed by atoms with E-state index in [0.717, 1.165) is 4.88 Å². The summed E-state index contributed by atoms with van der Waals surface area (Å²) in [5.74, 6) is -0.274. The van der Waals surface area contributed by atoms with Crippen LogP contribution in [0.3, 0.4) is 0 Å². The fourth-order valence-electron chi connectivity index (χ4n) is 1.85. The number of thiophene rings is 1. The van der Waals surface area contributed by atoms with Crippen LogP contribution in [0.2, 0.25) is 0 Å². The first-order valence-corrected chi connectivity index (χ1v) is 7.15. The SMILES string of the molecule is Cc1ccc(C(O)c2ccc(C(C)(C)C)s2)cc1F. The second-order valence-electron chi connectivity index (χ2n) is 5.86. The van der Waals surface area contributed by atoms with Gasteiger partial charge in [-0.3, -0.25) is 0 Å². The molecular weight excluding hydrogens is 259 g/mol. The van der Waals surface area contributed by atoms with Gasteiger partial charge in [-0.25, -0.2) is 4.39 Å². The fraction of sp³-hybridized carbons (Fsp3) is 0.375. The Morgan fingerprint density at radius 3 is 2.37 bits per heavy atom. The molecule has 0 aliphatic heterocycles. The molecule has 0 aliphatic rings. The van der Waals surface area contributed by atoms with Crippen LogP contribution in [0.15, 0.2) is 30.3 Å². The summed E-state index contributed by atoms with van der Waals surface area (Å²) in [4.78, 5) is 2.07. The third-order valence-electron chi connectivity index (χ3n) is 3.15. The Bertz CT molecular complexity index is 581. The monoisotopic (exact) mass is 278 g/mol. The van der Waals surface area contributed by atoms with E-state index in [4.69, 9.17) is 0 Å². The van der Waals surface area contributed by atoms with Crippen molar-refractivity contribution >= 4 is 11.3 Å². The molecule has 0 bridgehead atoms. The molecule has 1 heterocycles. The first-order valence-electron chi connectivity index (χ1n) is 6.33. The van der Waals surface area contributed by atoms with Crippen LogP contribution in [0.4, 0.5) is 4.39 Å². The molecule has 1 atom stereocenters. The van der Waals surface area contributed by atoms with Gasteiger partial charge in [0.25, 0.3) is 0 Å². The van der Waals surface area contributed by atoms with Gasteiger partial charge in [-0.1, -0.05) is 32.9 Å². The van der Waals surface area contributed by atoms with Gasteiger partial charge in [0.15, 0.2) is 0 Å². The Labute approximate surface area is 117 Å². The van der Waals surface area contributed by atoms with Crippen molar-refractivity contribution in [3.63, 3.8) is 0 Å². The topological polar surface area (TPSA) is 20.2 Å². The molecule has 2 rings (SSSR count). The molecule has 0 fully saturated rings. The molecule has 0 saturated carbocycles. The predicted molar refractivity (Wildman–Crippen MR) is 78.2 cm³/mol. The minimum atomic E-state index is -0.754. The quantitative estimate of drug-likeness (QED) is 0.853. The predicted octanol–water partition coefficient (Wildman–Crippen LogP) is 4.57. The Morgan fingerprint density at radius 2 is 1.84 bits per heavy atom. The molecular formula is C16H19FOS. The average Bonchev–Trinajstić information content (AvgIpc) is 2.81. The Hall–Kier alpha value is -1.19. The van der Waals surface area contributed by atoms with Crippen LogP contribution in [0.1, 0.15) is 47.8 Å². The van der Waals surface area contributed by atoms with E-state index >= 15 is 0 Å². The largest absolute Gasteiger partial charge is 0.383 e. The van der Waals surface area contributed by atoms with E-state index in [1.807, 2.05) is 12.1 Å². The lowest BCUT2D eigenvalue weighted by Gasteiger charge is -2.16. The Morgan fingerprint density at radius 1 is 1.16 bits per heavy atom. The van der Waals surface area contributed by atoms with Crippen LogP contribution in [0, 0.1) is 12.7 Å². The molecule has 1 N–H and O–H groups in total. The normalized spacial score (nSPS) is 13.6. The van der Waals surface area contributed by atoms with Crippen LogP contribution in [0.25, 0.3) is 0 Å². The van der Waals surface area contributed by atoms with Gasteiger partial charge in [0.05, 0.1) is 0 Å².